The van der Waals surface area contributed by atoms with Gasteiger partial charge in [-0.2, -0.15) is 0 Å². The molecular weight excluding hydrogens is 995 g/mol. The van der Waals surface area contributed by atoms with Crippen molar-refractivity contribution in [1.29, 1.82) is 0 Å². The van der Waals surface area contributed by atoms with Gasteiger partial charge in [0.25, 0.3) is 0 Å². The molecule has 0 spiro atoms. The Morgan fingerprint density at radius 1 is 0.346 bits per heavy atom. The highest BCUT2D eigenvalue weighted by Crippen LogP contribution is 2.18. The molecule has 0 aromatic rings. The fourth-order valence-corrected chi connectivity index (χ4v) is 11.3. The number of aliphatic hydroxyl groups is 2. The molecule has 0 bridgehead atoms. The largest absolute Gasteiger partial charge is 0.466 e. The molecule has 0 saturated heterocycles. The standard InChI is InChI=1S/C75H141NO5/c1-3-5-7-9-11-13-15-17-18-19-38-41-45-49-53-57-61-65-69-75(80)81-70-66-62-58-54-50-46-42-39-36-34-32-30-28-26-24-22-20-21-23-25-27-29-31-33-35-37-40-44-48-52-56-60-64-68-74(79)76-72(71-77)73(78)67-63-59-55-51-47-43-16-14-12-10-8-6-4-2/h13,15,18-19,24,26,30,32,72-73,77-78H,3-12,14,16-17,20-23,25,27-29,31,33-71H2,1-2H3,(H,76,79)/b15-13-,19-18-,26-24-,32-30-. The van der Waals surface area contributed by atoms with Crippen molar-refractivity contribution < 1.29 is 24.5 Å². The quantitative estimate of drug-likeness (QED) is 0.0320. The number of carbonyl (C=O) groups excluding carboxylic acids is 2. The summed E-state index contributed by atoms with van der Waals surface area (Å²) in [4.78, 5) is 24.6. The van der Waals surface area contributed by atoms with E-state index in [2.05, 4.69) is 67.8 Å². The number of rotatable bonds is 68. The van der Waals surface area contributed by atoms with Crippen LogP contribution in [0.4, 0.5) is 0 Å². The monoisotopic (exact) mass is 1140 g/mol. The van der Waals surface area contributed by atoms with Crippen molar-refractivity contribution in [3.8, 4) is 0 Å². The molecule has 0 aromatic heterocycles. The number of esters is 1. The summed E-state index contributed by atoms with van der Waals surface area (Å²) in [7, 11) is 0. The van der Waals surface area contributed by atoms with Crippen molar-refractivity contribution in [3.63, 3.8) is 0 Å². The van der Waals surface area contributed by atoms with Crippen molar-refractivity contribution in [1.82, 2.24) is 5.32 Å². The lowest BCUT2D eigenvalue weighted by molar-refractivity contribution is -0.143. The molecule has 0 aliphatic heterocycles. The summed E-state index contributed by atoms with van der Waals surface area (Å²) in [6, 6.07) is -0.540. The number of nitrogens with one attached hydrogen (secondary N) is 1. The Hall–Kier alpha value is -2.18. The molecule has 3 N–H and O–H groups in total. The Labute approximate surface area is 506 Å². The summed E-state index contributed by atoms with van der Waals surface area (Å²) in [6.07, 6.45) is 91.7. The summed E-state index contributed by atoms with van der Waals surface area (Å²) in [5, 5.41) is 23.3. The highest BCUT2D eigenvalue weighted by molar-refractivity contribution is 5.76. The molecule has 0 rings (SSSR count). The zero-order valence-electron chi connectivity index (χ0n) is 54.5. The zero-order valence-corrected chi connectivity index (χ0v) is 54.5. The van der Waals surface area contributed by atoms with E-state index in [-0.39, 0.29) is 18.5 Å². The first-order valence-corrected chi connectivity index (χ1v) is 36.4. The maximum atomic E-state index is 12.5. The number of amides is 1. The van der Waals surface area contributed by atoms with Crippen LogP contribution in [0.25, 0.3) is 0 Å². The van der Waals surface area contributed by atoms with Crippen LogP contribution >= 0.6 is 0 Å². The van der Waals surface area contributed by atoms with Gasteiger partial charge in [0.1, 0.15) is 0 Å². The summed E-state index contributed by atoms with van der Waals surface area (Å²) in [6.45, 7) is 4.95. The maximum absolute atomic E-state index is 12.5. The van der Waals surface area contributed by atoms with E-state index in [1.165, 1.54) is 302 Å². The first-order chi connectivity index (χ1) is 40.0. The van der Waals surface area contributed by atoms with Gasteiger partial charge in [-0.3, -0.25) is 9.59 Å². The second kappa shape index (κ2) is 70.3. The van der Waals surface area contributed by atoms with E-state index in [9.17, 15) is 19.8 Å². The molecule has 6 heteroatoms. The summed E-state index contributed by atoms with van der Waals surface area (Å²) in [5.74, 6) is -0.0246. The Kier molecular flexibility index (Phi) is 68.4. The van der Waals surface area contributed by atoms with Crippen molar-refractivity contribution in [2.75, 3.05) is 13.2 Å². The van der Waals surface area contributed by atoms with Gasteiger partial charge in [-0.1, -0.05) is 339 Å². The molecule has 0 aromatic carbocycles. The smallest absolute Gasteiger partial charge is 0.305 e. The van der Waals surface area contributed by atoms with Crippen molar-refractivity contribution in [2.24, 2.45) is 0 Å². The van der Waals surface area contributed by atoms with Crippen LogP contribution < -0.4 is 5.32 Å². The second-order valence-corrected chi connectivity index (χ2v) is 24.9. The predicted molar refractivity (Wildman–Crippen MR) is 356 cm³/mol. The van der Waals surface area contributed by atoms with E-state index < -0.39 is 12.1 Å². The first kappa shape index (κ1) is 78.8. The van der Waals surface area contributed by atoms with Crippen LogP contribution in [0.3, 0.4) is 0 Å². The van der Waals surface area contributed by atoms with Crippen LogP contribution in [0.15, 0.2) is 48.6 Å². The van der Waals surface area contributed by atoms with Gasteiger partial charge in [0.2, 0.25) is 5.91 Å². The van der Waals surface area contributed by atoms with Crippen molar-refractivity contribution in [3.05, 3.63) is 48.6 Å². The zero-order chi connectivity index (χ0) is 58.5. The third kappa shape index (κ3) is 66.8. The summed E-state index contributed by atoms with van der Waals surface area (Å²) >= 11 is 0. The number of carbonyl (C=O) groups is 2. The van der Waals surface area contributed by atoms with Gasteiger partial charge in [-0.25, -0.2) is 0 Å². The van der Waals surface area contributed by atoms with E-state index in [0.717, 1.165) is 57.8 Å². The molecule has 2 unspecified atom stereocenters. The molecule has 0 heterocycles. The van der Waals surface area contributed by atoms with Gasteiger partial charge >= 0.3 is 5.97 Å². The molecule has 0 fully saturated rings. The van der Waals surface area contributed by atoms with E-state index >= 15 is 0 Å². The Morgan fingerprint density at radius 2 is 0.617 bits per heavy atom. The van der Waals surface area contributed by atoms with Crippen LogP contribution in [0.1, 0.15) is 393 Å². The van der Waals surface area contributed by atoms with Crippen LogP contribution in [0.2, 0.25) is 0 Å². The minimum atomic E-state index is -0.663. The lowest BCUT2D eigenvalue weighted by Gasteiger charge is -2.22. The summed E-state index contributed by atoms with van der Waals surface area (Å²) in [5.41, 5.74) is 0. The van der Waals surface area contributed by atoms with Gasteiger partial charge in [-0.05, 0) is 89.9 Å². The number of hydrogen-bond acceptors (Lipinski definition) is 5. The molecule has 0 saturated carbocycles. The number of unbranched alkanes of at least 4 members (excludes halogenated alkanes) is 49. The minimum Gasteiger partial charge on any atom is -0.466 e. The van der Waals surface area contributed by atoms with E-state index in [1.54, 1.807) is 0 Å². The Bertz CT molecular complexity index is 1360. The SMILES string of the molecule is CCCCCC/C=C\C/C=C\CCCCCCCCCC(=O)OCCCCCCCCCCC/C=C\C/C=C\CCCCCCCCCCCCCCCCCCCC(=O)NC(CO)C(O)CCCCCCCCCCCCCCC. The van der Waals surface area contributed by atoms with Crippen LogP contribution in [0.5, 0.6) is 0 Å². The van der Waals surface area contributed by atoms with Gasteiger partial charge < -0.3 is 20.3 Å². The normalized spacial score (nSPS) is 12.8. The van der Waals surface area contributed by atoms with Crippen LogP contribution in [0, 0.1) is 0 Å². The molecule has 0 aliphatic rings. The molecule has 6 nitrogen and oxygen atoms in total. The number of hydrogen-bond donors (Lipinski definition) is 3. The van der Waals surface area contributed by atoms with Gasteiger partial charge in [-0.15, -0.1) is 0 Å². The third-order valence-electron chi connectivity index (χ3n) is 16.9. The Balaban J connectivity index is 3.37. The minimum absolute atomic E-state index is 0.00700. The van der Waals surface area contributed by atoms with Crippen LogP contribution in [-0.4, -0.2) is 47.4 Å². The first-order valence-electron chi connectivity index (χ1n) is 36.4. The second-order valence-electron chi connectivity index (χ2n) is 24.9. The fourth-order valence-electron chi connectivity index (χ4n) is 11.3. The predicted octanol–water partition coefficient (Wildman–Crippen LogP) is 23.6. The average Bonchev–Trinajstić information content (AvgIpc) is 3.47. The fraction of sp³-hybridized carbons (Fsp3) is 0.867. The Morgan fingerprint density at radius 3 is 0.951 bits per heavy atom. The maximum Gasteiger partial charge on any atom is 0.305 e. The van der Waals surface area contributed by atoms with Crippen LogP contribution in [-0.2, 0) is 14.3 Å². The number of allylic oxidation sites excluding steroid dienone is 8. The molecule has 0 aliphatic carbocycles. The molecule has 476 valence electrons. The third-order valence-corrected chi connectivity index (χ3v) is 16.9. The van der Waals surface area contributed by atoms with Crippen molar-refractivity contribution >= 4 is 11.9 Å². The lowest BCUT2D eigenvalue weighted by Crippen LogP contribution is -2.45. The van der Waals surface area contributed by atoms with E-state index in [0.29, 0.717) is 25.9 Å². The van der Waals surface area contributed by atoms with Gasteiger partial charge in [0.15, 0.2) is 0 Å². The summed E-state index contributed by atoms with van der Waals surface area (Å²) < 4.78 is 5.50. The van der Waals surface area contributed by atoms with Crippen molar-refractivity contribution in [2.45, 2.75) is 405 Å². The van der Waals surface area contributed by atoms with Gasteiger partial charge in [0.05, 0.1) is 25.4 Å². The molecule has 0 radical (unpaired) electrons. The van der Waals surface area contributed by atoms with E-state index in [4.69, 9.17) is 4.74 Å². The average molecular weight is 1140 g/mol. The topological polar surface area (TPSA) is 95.9 Å². The van der Waals surface area contributed by atoms with Gasteiger partial charge in [0, 0.05) is 12.8 Å². The highest BCUT2D eigenvalue weighted by atomic mass is 16.5. The molecule has 81 heavy (non-hydrogen) atoms. The number of aliphatic hydroxyl groups excluding tert-OH is 2. The highest BCUT2D eigenvalue weighted by Gasteiger charge is 2.20. The van der Waals surface area contributed by atoms with E-state index in [1.807, 2.05) is 0 Å². The lowest BCUT2D eigenvalue weighted by atomic mass is 10.0. The number of ether oxygens (including phenoxy) is 1. The molecule has 2 atom stereocenters. The molecule has 1 amide bonds. The molecular formula is C75H141NO5.